The molecule has 0 unspecified atom stereocenters. The highest BCUT2D eigenvalue weighted by molar-refractivity contribution is 5.74. The molecule has 0 aromatic carbocycles. The highest BCUT2D eigenvalue weighted by atomic mass is 16.4. The molecule has 0 saturated carbocycles. The minimum atomic E-state index is -0.745. The minimum absolute atomic E-state index is 0.0926. The van der Waals surface area contributed by atoms with Gasteiger partial charge in [0.05, 0.1) is 0 Å². The van der Waals surface area contributed by atoms with Crippen LogP contribution in [0.3, 0.4) is 0 Å². The van der Waals surface area contributed by atoms with Crippen LogP contribution in [-0.4, -0.2) is 24.0 Å². The van der Waals surface area contributed by atoms with Crippen LogP contribution in [0.15, 0.2) is 0 Å². The molecular formula is C7H15NO3. The third-order valence-corrected chi connectivity index (χ3v) is 0.902. The molecule has 0 radical (unpaired) electrons. The molecule has 0 aromatic heterocycles. The van der Waals surface area contributed by atoms with E-state index in [0.29, 0.717) is 6.42 Å². The fraction of sp³-hybridized carbons (Fsp3) is 0.714. The summed E-state index contributed by atoms with van der Waals surface area (Å²) >= 11 is 0. The molecule has 4 nitrogen and oxygen atoms in total. The van der Waals surface area contributed by atoms with Crippen molar-refractivity contribution in [2.24, 2.45) is 0 Å². The summed E-state index contributed by atoms with van der Waals surface area (Å²) in [4.78, 5) is 19.4. The maximum atomic E-state index is 10.1. The van der Waals surface area contributed by atoms with Gasteiger partial charge in [0.2, 0.25) is 5.91 Å². The summed E-state index contributed by atoms with van der Waals surface area (Å²) in [6.45, 7) is 3.42. The second-order valence-electron chi connectivity index (χ2n) is 1.77. The first kappa shape index (κ1) is 12.6. The summed E-state index contributed by atoms with van der Waals surface area (Å²) in [5, 5.41) is 10.2. The van der Waals surface area contributed by atoms with Crippen molar-refractivity contribution in [2.45, 2.75) is 26.7 Å². The summed E-state index contributed by atoms with van der Waals surface area (Å²) in [7, 11) is 1.63. The van der Waals surface area contributed by atoms with Gasteiger partial charge in [0.1, 0.15) is 0 Å². The summed E-state index contributed by atoms with van der Waals surface area (Å²) < 4.78 is 0. The highest BCUT2D eigenvalue weighted by Gasteiger charge is 1.84. The molecule has 0 aliphatic heterocycles. The normalized spacial score (nSPS) is 7.55. The Hall–Kier alpha value is -1.06. The zero-order valence-corrected chi connectivity index (χ0v) is 7.18. The number of carbonyl (C=O) groups excluding carboxylic acids is 1. The molecule has 0 saturated heterocycles. The standard InChI is InChI=1S/C4H9NO.C3H6O2/c1-3-4(6)5-2;1-2-3(4)5/h3H2,1-2H3,(H,5,6);2H2,1H3,(H,4,5). The minimum Gasteiger partial charge on any atom is -0.481 e. The average molecular weight is 161 g/mol. The van der Waals surface area contributed by atoms with E-state index >= 15 is 0 Å². The molecule has 0 aliphatic carbocycles. The molecule has 66 valence electrons. The molecule has 0 aliphatic rings. The molecule has 4 heteroatoms. The number of aliphatic carboxylic acids is 1. The van der Waals surface area contributed by atoms with Crippen molar-refractivity contribution in [3.05, 3.63) is 0 Å². The maximum absolute atomic E-state index is 10.1. The van der Waals surface area contributed by atoms with E-state index < -0.39 is 5.97 Å². The van der Waals surface area contributed by atoms with Gasteiger partial charge in [-0.1, -0.05) is 13.8 Å². The van der Waals surface area contributed by atoms with Gasteiger partial charge >= 0.3 is 5.97 Å². The number of carboxylic acids is 1. The van der Waals surface area contributed by atoms with Crippen molar-refractivity contribution in [3.8, 4) is 0 Å². The van der Waals surface area contributed by atoms with Gasteiger partial charge in [0, 0.05) is 19.9 Å². The fourth-order valence-electron chi connectivity index (χ4n) is 0.177. The lowest BCUT2D eigenvalue weighted by molar-refractivity contribution is -0.136. The summed E-state index contributed by atoms with van der Waals surface area (Å²) in [6, 6.07) is 0. The van der Waals surface area contributed by atoms with Crippen LogP contribution in [-0.2, 0) is 9.59 Å². The Bertz CT molecular complexity index is 117. The van der Waals surface area contributed by atoms with Crippen molar-refractivity contribution in [1.29, 1.82) is 0 Å². The number of nitrogens with one attached hydrogen (secondary N) is 1. The van der Waals surface area contributed by atoms with Gasteiger partial charge in [-0.3, -0.25) is 9.59 Å². The van der Waals surface area contributed by atoms with Gasteiger partial charge < -0.3 is 10.4 Å². The quantitative estimate of drug-likeness (QED) is 0.624. The topological polar surface area (TPSA) is 66.4 Å². The van der Waals surface area contributed by atoms with Crippen LogP contribution >= 0.6 is 0 Å². The largest absolute Gasteiger partial charge is 0.481 e. The van der Waals surface area contributed by atoms with Gasteiger partial charge in [-0.15, -0.1) is 0 Å². The Labute approximate surface area is 66.6 Å². The molecule has 2 N–H and O–H groups in total. The third-order valence-electron chi connectivity index (χ3n) is 0.902. The first-order valence-corrected chi connectivity index (χ1v) is 3.50. The number of carbonyl (C=O) groups is 2. The number of carboxylic acid groups (broad SMARTS) is 1. The first-order chi connectivity index (χ1) is 5.08. The van der Waals surface area contributed by atoms with E-state index in [1.807, 2.05) is 6.92 Å². The van der Waals surface area contributed by atoms with Crippen molar-refractivity contribution in [1.82, 2.24) is 5.32 Å². The van der Waals surface area contributed by atoms with E-state index in [0.717, 1.165) is 0 Å². The predicted octanol–water partition coefficient (Wildman–Crippen LogP) is 0.623. The van der Waals surface area contributed by atoms with E-state index in [2.05, 4.69) is 5.32 Å². The van der Waals surface area contributed by atoms with E-state index in [1.54, 1.807) is 14.0 Å². The number of amides is 1. The van der Waals surface area contributed by atoms with Crippen molar-refractivity contribution in [2.75, 3.05) is 7.05 Å². The van der Waals surface area contributed by atoms with Gasteiger partial charge in [0.15, 0.2) is 0 Å². The lowest BCUT2D eigenvalue weighted by Gasteiger charge is -1.87. The Morgan fingerprint density at radius 3 is 1.64 bits per heavy atom. The molecular weight excluding hydrogens is 146 g/mol. The molecule has 0 bridgehead atoms. The van der Waals surface area contributed by atoms with E-state index in [-0.39, 0.29) is 12.3 Å². The molecule has 0 atom stereocenters. The summed E-state index contributed by atoms with van der Waals surface area (Å²) in [5.41, 5.74) is 0. The smallest absolute Gasteiger partial charge is 0.303 e. The SMILES string of the molecule is CCC(=O)NC.CCC(=O)O. The molecule has 0 fully saturated rings. The predicted molar refractivity (Wildman–Crippen MR) is 42.3 cm³/mol. The van der Waals surface area contributed by atoms with Crippen LogP contribution in [0.1, 0.15) is 26.7 Å². The first-order valence-electron chi connectivity index (χ1n) is 3.50. The molecule has 0 rings (SSSR count). The van der Waals surface area contributed by atoms with E-state index in [9.17, 15) is 9.59 Å². The summed E-state index contributed by atoms with van der Waals surface area (Å²) in [5.74, 6) is -0.653. The Morgan fingerprint density at radius 2 is 1.64 bits per heavy atom. The zero-order valence-electron chi connectivity index (χ0n) is 7.18. The van der Waals surface area contributed by atoms with Crippen LogP contribution < -0.4 is 5.32 Å². The van der Waals surface area contributed by atoms with Gasteiger partial charge in [-0.2, -0.15) is 0 Å². The van der Waals surface area contributed by atoms with Gasteiger partial charge in [-0.25, -0.2) is 0 Å². The second-order valence-corrected chi connectivity index (χ2v) is 1.77. The zero-order chi connectivity index (χ0) is 9.28. The number of hydrogen-bond acceptors (Lipinski definition) is 2. The van der Waals surface area contributed by atoms with E-state index in [4.69, 9.17) is 5.11 Å². The number of hydrogen-bond donors (Lipinski definition) is 2. The lowest BCUT2D eigenvalue weighted by Crippen LogP contribution is -2.15. The fourth-order valence-corrected chi connectivity index (χ4v) is 0.177. The molecule has 0 aromatic rings. The monoisotopic (exact) mass is 161 g/mol. The van der Waals surface area contributed by atoms with Crippen molar-refractivity contribution in [3.63, 3.8) is 0 Å². The van der Waals surface area contributed by atoms with Crippen molar-refractivity contribution < 1.29 is 14.7 Å². The Morgan fingerprint density at radius 1 is 1.27 bits per heavy atom. The molecule has 1 amide bonds. The highest BCUT2D eigenvalue weighted by Crippen LogP contribution is 1.68. The van der Waals surface area contributed by atoms with Crippen LogP contribution in [0.4, 0.5) is 0 Å². The van der Waals surface area contributed by atoms with Crippen LogP contribution in [0.2, 0.25) is 0 Å². The maximum Gasteiger partial charge on any atom is 0.303 e. The third kappa shape index (κ3) is 17.6. The summed E-state index contributed by atoms with van der Waals surface area (Å²) in [6.07, 6.45) is 0.802. The molecule has 0 spiro atoms. The van der Waals surface area contributed by atoms with Gasteiger partial charge in [-0.05, 0) is 0 Å². The Kier molecular flexibility index (Phi) is 10.2. The van der Waals surface area contributed by atoms with Crippen molar-refractivity contribution >= 4 is 11.9 Å². The molecule has 11 heavy (non-hydrogen) atoms. The Balaban J connectivity index is 0. The lowest BCUT2D eigenvalue weighted by atomic mass is 10.5. The average Bonchev–Trinajstić information content (AvgIpc) is 2.04. The second kappa shape index (κ2) is 8.94. The van der Waals surface area contributed by atoms with Crippen LogP contribution in [0.5, 0.6) is 0 Å². The van der Waals surface area contributed by atoms with E-state index in [1.165, 1.54) is 0 Å². The van der Waals surface area contributed by atoms with Crippen LogP contribution in [0.25, 0.3) is 0 Å². The number of rotatable bonds is 2. The van der Waals surface area contributed by atoms with Gasteiger partial charge in [0.25, 0.3) is 0 Å². The molecule has 0 heterocycles. The van der Waals surface area contributed by atoms with Crippen LogP contribution in [0, 0.1) is 0 Å².